The van der Waals surface area contributed by atoms with E-state index < -0.39 is 5.97 Å². The number of carboxylic acids is 1. The number of hydrogen-bond donors (Lipinski definition) is 1. The van der Waals surface area contributed by atoms with E-state index in [9.17, 15) is 9.90 Å². The Labute approximate surface area is 118 Å². The van der Waals surface area contributed by atoms with Crippen LogP contribution < -0.4 is 4.90 Å². The largest absolute Gasteiger partial charge is 0.478 e. The highest BCUT2D eigenvalue weighted by atomic mass is 16.5. The van der Waals surface area contributed by atoms with E-state index in [-0.39, 0.29) is 0 Å². The topological polar surface area (TPSA) is 62.7 Å². The van der Waals surface area contributed by atoms with Crippen molar-refractivity contribution in [3.8, 4) is 0 Å². The van der Waals surface area contributed by atoms with E-state index in [1.54, 1.807) is 7.11 Å². The maximum absolute atomic E-state index is 11.5. The fourth-order valence-corrected chi connectivity index (χ4v) is 3.26. The van der Waals surface area contributed by atoms with E-state index in [2.05, 4.69) is 9.88 Å². The molecule has 1 aromatic heterocycles. The fraction of sp³-hybridized carbons (Fsp3) is 0.600. The summed E-state index contributed by atoms with van der Waals surface area (Å²) in [6.07, 6.45) is 4.04. The zero-order chi connectivity index (χ0) is 14.1. The van der Waals surface area contributed by atoms with Gasteiger partial charge in [0.05, 0.1) is 6.61 Å². The number of carboxylic acid groups (broad SMARTS) is 1. The molecule has 1 unspecified atom stereocenters. The average Bonchev–Trinajstić information content (AvgIpc) is 3.05. The number of rotatable bonds is 4. The molecular weight excluding hydrogens is 256 g/mol. The summed E-state index contributed by atoms with van der Waals surface area (Å²) in [5.74, 6) is 0.242. The van der Waals surface area contributed by atoms with Crippen LogP contribution in [0.5, 0.6) is 0 Å². The monoisotopic (exact) mass is 276 g/mol. The minimum Gasteiger partial charge on any atom is -0.478 e. The third-order valence-corrected chi connectivity index (χ3v) is 4.25. The van der Waals surface area contributed by atoms with Gasteiger partial charge >= 0.3 is 5.97 Å². The Kier molecular flexibility index (Phi) is 3.61. The van der Waals surface area contributed by atoms with Crippen LogP contribution in [0.15, 0.2) is 6.07 Å². The molecule has 1 atom stereocenters. The van der Waals surface area contributed by atoms with E-state index in [1.807, 2.05) is 6.07 Å². The van der Waals surface area contributed by atoms with Crippen LogP contribution in [0.25, 0.3) is 0 Å². The predicted molar refractivity (Wildman–Crippen MR) is 75.4 cm³/mol. The van der Waals surface area contributed by atoms with Crippen molar-refractivity contribution in [3.63, 3.8) is 0 Å². The number of fused-ring (bicyclic) bond motifs is 1. The van der Waals surface area contributed by atoms with Gasteiger partial charge in [0.25, 0.3) is 0 Å². The van der Waals surface area contributed by atoms with E-state index >= 15 is 0 Å². The zero-order valence-electron chi connectivity index (χ0n) is 11.8. The SMILES string of the molecule is COCC1CCN(c2nc3c(cc2C(=O)O)CCC3)C1. The molecule has 0 amide bonds. The highest BCUT2D eigenvalue weighted by molar-refractivity contribution is 5.93. The van der Waals surface area contributed by atoms with Crippen molar-refractivity contribution in [1.29, 1.82) is 0 Å². The molecule has 0 radical (unpaired) electrons. The van der Waals surface area contributed by atoms with Crippen LogP contribution in [0, 0.1) is 5.92 Å². The van der Waals surface area contributed by atoms with Crippen molar-refractivity contribution in [2.24, 2.45) is 5.92 Å². The summed E-state index contributed by atoms with van der Waals surface area (Å²) in [5.41, 5.74) is 2.54. The maximum atomic E-state index is 11.5. The molecule has 1 saturated heterocycles. The summed E-state index contributed by atoms with van der Waals surface area (Å²) >= 11 is 0. The number of carbonyl (C=O) groups is 1. The average molecular weight is 276 g/mol. The molecule has 5 nitrogen and oxygen atoms in total. The van der Waals surface area contributed by atoms with Gasteiger partial charge in [-0.15, -0.1) is 0 Å². The number of pyridine rings is 1. The first-order chi connectivity index (χ1) is 9.69. The van der Waals surface area contributed by atoms with Crippen LogP contribution in [0.3, 0.4) is 0 Å². The van der Waals surface area contributed by atoms with Crippen molar-refractivity contribution in [1.82, 2.24) is 4.98 Å². The molecular formula is C15H20N2O3. The lowest BCUT2D eigenvalue weighted by Gasteiger charge is -2.20. The molecule has 20 heavy (non-hydrogen) atoms. The van der Waals surface area contributed by atoms with Gasteiger partial charge in [0.1, 0.15) is 11.4 Å². The molecule has 0 aromatic carbocycles. The number of anilines is 1. The molecule has 1 N–H and O–H groups in total. The number of methoxy groups -OCH3 is 1. The van der Waals surface area contributed by atoms with Crippen LogP contribution in [-0.2, 0) is 17.6 Å². The van der Waals surface area contributed by atoms with Crippen LogP contribution in [0.1, 0.15) is 34.5 Å². The Bertz CT molecular complexity index is 530. The molecule has 0 spiro atoms. The molecule has 1 aliphatic heterocycles. The third-order valence-electron chi connectivity index (χ3n) is 4.25. The van der Waals surface area contributed by atoms with Gasteiger partial charge in [0, 0.05) is 31.8 Å². The van der Waals surface area contributed by atoms with Crippen molar-refractivity contribution >= 4 is 11.8 Å². The summed E-state index contributed by atoms with van der Waals surface area (Å²) < 4.78 is 5.20. The van der Waals surface area contributed by atoms with Crippen molar-refractivity contribution in [3.05, 3.63) is 22.9 Å². The van der Waals surface area contributed by atoms with Crippen molar-refractivity contribution in [2.45, 2.75) is 25.7 Å². The Hall–Kier alpha value is -1.62. The van der Waals surface area contributed by atoms with Gasteiger partial charge in [-0.3, -0.25) is 0 Å². The molecule has 108 valence electrons. The minimum atomic E-state index is -0.877. The van der Waals surface area contributed by atoms with Gasteiger partial charge in [-0.2, -0.15) is 0 Å². The Morgan fingerprint density at radius 2 is 2.40 bits per heavy atom. The molecule has 5 heteroatoms. The van der Waals surface area contributed by atoms with Crippen LogP contribution in [0.2, 0.25) is 0 Å². The summed E-state index contributed by atoms with van der Waals surface area (Å²) in [4.78, 5) is 18.3. The van der Waals surface area contributed by atoms with Crippen LogP contribution >= 0.6 is 0 Å². The highest BCUT2D eigenvalue weighted by Crippen LogP contribution is 2.30. The molecule has 2 heterocycles. The number of hydrogen-bond acceptors (Lipinski definition) is 4. The Morgan fingerprint density at radius 3 is 3.15 bits per heavy atom. The molecule has 1 fully saturated rings. The second kappa shape index (κ2) is 5.40. The van der Waals surface area contributed by atoms with Gasteiger partial charge in [-0.05, 0) is 37.3 Å². The number of nitrogens with zero attached hydrogens (tertiary/aromatic N) is 2. The molecule has 0 saturated carbocycles. The van der Waals surface area contributed by atoms with Gasteiger partial charge in [-0.1, -0.05) is 0 Å². The number of aromatic nitrogens is 1. The first-order valence-corrected chi connectivity index (χ1v) is 7.19. The van der Waals surface area contributed by atoms with Crippen molar-refractivity contribution in [2.75, 3.05) is 31.7 Å². The third kappa shape index (κ3) is 2.38. The minimum absolute atomic E-state index is 0.351. The van der Waals surface area contributed by atoms with E-state index in [0.29, 0.717) is 17.3 Å². The normalized spacial score (nSPS) is 21.2. The molecule has 1 aliphatic carbocycles. The summed E-state index contributed by atoms with van der Waals surface area (Å²) in [6, 6.07) is 1.83. The highest BCUT2D eigenvalue weighted by Gasteiger charge is 2.28. The second-order valence-corrected chi connectivity index (χ2v) is 5.68. The lowest BCUT2D eigenvalue weighted by atomic mass is 10.1. The summed E-state index contributed by atoms with van der Waals surface area (Å²) in [6.45, 7) is 2.42. The molecule has 3 rings (SSSR count). The Morgan fingerprint density at radius 1 is 1.55 bits per heavy atom. The fourth-order valence-electron chi connectivity index (χ4n) is 3.26. The standard InChI is InChI=1S/C15H20N2O3/c1-20-9-10-5-6-17(8-10)14-12(15(18)19)7-11-3-2-4-13(11)16-14/h7,10H,2-6,8-9H2,1H3,(H,18,19). The van der Waals surface area contributed by atoms with E-state index in [4.69, 9.17) is 4.74 Å². The van der Waals surface area contributed by atoms with Gasteiger partial charge in [0.15, 0.2) is 0 Å². The number of aromatic carboxylic acids is 1. The van der Waals surface area contributed by atoms with Gasteiger partial charge in [0.2, 0.25) is 0 Å². The van der Waals surface area contributed by atoms with E-state index in [1.165, 1.54) is 0 Å². The maximum Gasteiger partial charge on any atom is 0.339 e. The second-order valence-electron chi connectivity index (χ2n) is 5.68. The quantitative estimate of drug-likeness (QED) is 0.907. The first kappa shape index (κ1) is 13.4. The van der Waals surface area contributed by atoms with Gasteiger partial charge in [-0.25, -0.2) is 9.78 Å². The summed E-state index contributed by atoms with van der Waals surface area (Å²) in [7, 11) is 1.71. The predicted octanol–water partition coefficient (Wildman–Crippen LogP) is 1.74. The van der Waals surface area contributed by atoms with Gasteiger partial charge < -0.3 is 14.7 Å². The number of aryl methyl sites for hydroxylation is 2. The zero-order valence-corrected chi connectivity index (χ0v) is 11.8. The molecule has 1 aromatic rings. The molecule has 2 aliphatic rings. The molecule has 0 bridgehead atoms. The lowest BCUT2D eigenvalue weighted by Crippen LogP contribution is -2.25. The lowest BCUT2D eigenvalue weighted by molar-refractivity contribution is 0.0697. The Balaban J connectivity index is 1.90. The van der Waals surface area contributed by atoms with Crippen LogP contribution in [0.4, 0.5) is 5.82 Å². The summed E-state index contributed by atoms with van der Waals surface area (Å²) in [5, 5.41) is 9.44. The smallest absolute Gasteiger partial charge is 0.339 e. The number of ether oxygens (including phenoxy) is 1. The van der Waals surface area contributed by atoms with Crippen LogP contribution in [-0.4, -0.2) is 42.9 Å². The first-order valence-electron chi connectivity index (χ1n) is 7.19. The van der Waals surface area contributed by atoms with E-state index in [0.717, 1.165) is 56.6 Å². The van der Waals surface area contributed by atoms with Crippen molar-refractivity contribution < 1.29 is 14.6 Å².